The maximum absolute atomic E-state index is 13.9. The highest BCUT2D eigenvalue weighted by molar-refractivity contribution is 6.04. The number of benzene rings is 3. The molecule has 0 bridgehead atoms. The maximum atomic E-state index is 13.9. The Bertz CT molecular complexity index is 1400. The van der Waals surface area contributed by atoms with Crippen LogP contribution >= 0.6 is 0 Å². The lowest BCUT2D eigenvalue weighted by Gasteiger charge is -2.26. The zero-order valence-corrected chi connectivity index (χ0v) is 20.4. The number of ether oxygens (including phenoxy) is 2. The van der Waals surface area contributed by atoms with Gasteiger partial charge in [-0.25, -0.2) is 9.18 Å². The van der Waals surface area contributed by atoms with Crippen molar-refractivity contribution in [1.29, 1.82) is 0 Å². The molecule has 10 heteroatoms. The molecule has 1 fully saturated rings. The van der Waals surface area contributed by atoms with Gasteiger partial charge in [0.25, 0.3) is 0 Å². The minimum absolute atomic E-state index is 0.117. The lowest BCUT2D eigenvalue weighted by atomic mass is 10.0. The molecule has 3 aromatic carbocycles. The van der Waals surface area contributed by atoms with Crippen molar-refractivity contribution < 1.29 is 23.2 Å². The van der Waals surface area contributed by atoms with Gasteiger partial charge in [-0.05, 0) is 60.0 Å². The molecule has 4 N–H and O–H groups in total. The number of carbonyl (C=O) groups excluding carboxylic acids is 1. The molecule has 2 heterocycles. The van der Waals surface area contributed by atoms with E-state index >= 15 is 0 Å². The Morgan fingerprint density at radius 1 is 1.11 bits per heavy atom. The van der Waals surface area contributed by atoms with Gasteiger partial charge in [0.2, 0.25) is 5.58 Å². The first kappa shape index (κ1) is 24.5. The summed E-state index contributed by atoms with van der Waals surface area (Å²) in [5.41, 5.74) is 9.82. The number of amides is 2. The van der Waals surface area contributed by atoms with E-state index in [-0.39, 0.29) is 11.5 Å². The number of fused-ring (bicyclic) bond motifs is 1. The molecule has 0 aliphatic carbocycles. The summed E-state index contributed by atoms with van der Waals surface area (Å²) in [6.45, 7) is 6.37. The van der Waals surface area contributed by atoms with Gasteiger partial charge in [0.1, 0.15) is 12.4 Å². The number of aromatic nitrogens is 1. The number of hydrogen-bond acceptors (Lipinski definition) is 7. The first-order valence-corrected chi connectivity index (χ1v) is 12.0. The minimum atomic E-state index is -0.540. The summed E-state index contributed by atoms with van der Waals surface area (Å²) in [5, 5.41) is 9.86. The van der Waals surface area contributed by atoms with Gasteiger partial charge in [-0.2, -0.15) is 0 Å². The van der Waals surface area contributed by atoms with Gasteiger partial charge in [-0.1, -0.05) is 23.4 Å². The van der Waals surface area contributed by atoms with Gasteiger partial charge in [-0.3, -0.25) is 4.90 Å². The monoisotopic (exact) mass is 505 g/mol. The number of aryl methyl sites for hydroxylation is 1. The molecule has 9 nitrogen and oxygen atoms in total. The van der Waals surface area contributed by atoms with E-state index in [1.165, 1.54) is 6.07 Å². The summed E-state index contributed by atoms with van der Waals surface area (Å²) >= 11 is 0. The van der Waals surface area contributed by atoms with Crippen LogP contribution in [0.4, 0.5) is 26.4 Å². The molecule has 1 saturated heterocycles. The number of urea groups is 1. The molecule has 4 aromatic rings. The number of carbonyl (C=O) groups is 1. The van der Waals surface area contributed by atoms with Crippen LogP contribution in [0, 0.1) is 12.7 Å². The van der Waals surface area contributed by atoms with Crippen molar-refractivity contribution in [1.82, 2.24) is 10.1 Å². The van der Waals surface area contributed by atoms with Crippen molar-refractivity contribution >= 4 is 34.2 Å². The zero-order chi connectivity index (χ0) is 25.8. The Kier molecular flexibility index (Phi) is 7.20. The van der Waals surface area contributed by atoms with Crippen LogP contribution in [0.2, 0.25) is 0 Å². The molecule has 0 unspecified atom stereocenters. The number of rotatable bonds is 7. The van der Waals surface area contributed by atoms with Gasteiger partial charge in [0.05, 0.1) is 24.3 Å². The molecular weight excluding hydrogens is 477 g/mol. The molecule has 0 spiro atoms. The molecule has 37 heavy (non-hydrogen) atoms. The van der Waals surface area contributed by atoms with Gasteiger partial charge < -0.3 is 30.4 Å². The molecule has 0 radical (unpaired) electrons. The van der Waals surface area contributed by atoms with Crippen LogP contribution in [0.3, 0.4) is 0 Å². The second-order valence-corrected chi connectivity index (χ2v) is 8.83. The third kappa shape index (κ3) is 5.65. The van der Waals surface area contributed by atoms with Gasteiger partial charge in [0, 0.05) is 25.3 Å². The Hall–Kier alpha value is -4.15. The fraction of sp³-hybridized carbons (Fsp3) is 0.259. The highest BCUT2D eigenvalue weighted by Crippen LogP contribution is 2.38. The average Bonchev–Trinajstić information content (AvgIpc) is 3.29. The summed E-state index contributed by atoms with van der Waals surface area (Å²) in [6.07, 6.45) is 0. The molecule has 5 rings (SSSR count). The first-order valence-electron chi connectivity index (χ1n) is 12.0. The third-order valence-electron chi connectivity index (χ3n) is 6.21. The van der Waals surface area contributed by atoms with Crippen molar-refractivity contribution in [2.24, 2.45) is 0 Å². The predicted octanol–water partition coefficient (Wildman–Crippen LogP) is 4.88. The van der Waals surface area contributed by atoms with E-state index < -0.39 is 11.8 Å². The molecule has 0 atom stereocenters. The number of morpholine rings is 1. The van der Waals surface area contributed by atoms with E-state index in [4.69, 9.17) is 19.7 Å². The fourth-order valence-electron chi connectivity index (χ4n) is 4.27. The van der Waals surface area contributed by atoms with Crippen LogP contribution in [0.25, 0.3) is 22.1 Å². The maximum Gasteiger partial charge on any atom is 0.323 e. The Balaban J connectivity index is 1.28. The van der Waals surface area contributed by atoms with E-state index in [1.807, 2.05) is 31.2 Å². The number of nitrogens with zero attached hydrogens (tertiary/aromatic N) is 2. The highest BCUT2D eigenvalue weighted by atomic mass is 19.1. The lowest BCUT2D eigenvalue weighted by Crippen LogP contribution is -2.38. The summed E-state index contributed by atoms with van der Waals surface area (Å²) in [7, 11) is 0. The van der Waals surface area contributed by atoms with Crippen LogP contribution in [-0.2, 0) is 4.74 Å². The lowest BCUT2D eigenvalue weighted by molar-refractivity contribution is 0.0322. The van der Waals surface area contributed by atoms with Crippen LogP contribution < -0.4 is 21.1 Å². The number of anilines is 3. The van der Waals surface area contributed by atoms with Crippen LogP contribution in [0.5, 0.6) is 5.75 Å². The largest absolute Gasteiger partial charge is 0.488 e. The number of halogens is 1. The number of nitrogens with two attached hydrogens (primary N) is 1. The smallest absolute Gasteiger partial charge is 0.323 e. The van der Waals surface area contributed by atoms with Crippen molar-refractivity contribution in [2.45, 2.75) is 6.92 Å². The molecule has 0 saturated carbocycles. The minimum Gasteiger partial charge on any atom is -0.488 e. The van der Waals surface area contributed by atoms with Crippen LogP contribution in [0.1, 0.15) is 5.56 Å². The fourth-order valence-corrected chi connectivity index (χ4v) is 4.27. The quantitative estimate of drug-likeness (QED) is 0.328. The van der Waals surface area contributed by atoms with Gasteiger partial charge in [-0.15, -0.1) is 0 Å². The standard InChI is InChI=1S/C27H28FN5O4/c1-17-2-8-21(28)22(16-17)31-27(34)30-19-5-3-18(4-6-19)20-7-9-23(25-24(20)26(29)32-37-25)36-15-12-33-10-13-35-14-11-33/h2-9,16H,10-15H2,1H3,(H2,29,32)(H2,30,31,34). The molecule has 2 amide bonds. The molecule has 1 aromatic heterocycles. The molecule has 1 aliphatic heterocycles. The highest BCUT2D eigenvalue weighted by Gasteiger charge is 2.18. The van der Waals surface area contributed by atoms with Crippen LogP contribution in [0.15, 0.2) is 59.1 Å². The normalized spacial score (nSPS) is 14.0. The molecular formula is C27H28FN5O4. The van der Waals surface area contributed by atoms with Crippen LogP contribution in [-0.4, -0.2) is 55.5 Å². The van der Waals surface area contributed by atoms with E-state index in [0.717, 1.165) is 49.5 Å². The topological polar surface area (TPSA) is 115 Å². The van der Waals surface area contributed by atoms with E-state index in [2.05, 4.69) is 20.7 Å². The second kappa shape index (κ2) is 10.9. The Labute approximate surface area is 213 Å². The third-order valence-corrected chi connectivity index (χ3v) is 6.21. The molecule has 192 valence electrons. The van der Waals surface area contributed by atoms with Crippen molar-refractivity contribution in [3.05, 3.63) is 66.0 Å². The van der Waals surface area contributed by atoms with Crippen molar-refractivity contribution in [3.63, 3.8) is 0 Å². The number of hydrogen-bond donors (Lipinski definition) is 3. The summed E-state index contributed by atoms with van der Waals surface area (Å²) in [4.78, 5) is 14.6. The molecule has 1 aliphatic rings. The predicted molar refractivity (Wildman–Crippen MR) is 140 cm³/mol. The summed E-state index contributed by atoms with van der Waals surface area (Å²) in [5.74, 6) is 0.347. The zero-order valence-electron chi connectivity index (χ0n) is 20.4. The SMILES string of the molecule is Cc1ccc(F)c(NC(=O)Nc2ccc(-c3ccc(OCCN4CCOCC4)c4onc(N)c34)cc2)c1. The first-order chi connectivity index (χ1) is 18.0. The average molecular weight is 506 g/mol. The Morgan fingerprint density at radius 2 is 1.89 bits per heavy atom. The van der Waals surface area contributed by atoms with E-state index in [1.54, 1.807) is 24.3 Å². The van der Waals surface area contributed by atoms with E-state index in [0.29, 0.717) is 29.0 Å². The Morgan fingerprint density at radius 3 is 2.68 bits per heavy atom. The van der Waals surface area contributed by atoms with Gasteiger partial charge in [0.15, 0.2) is 11.6 Å². The second-order valence-electron chi connectivity index (χ2n) is 8.83. The van der Waals surface area contributed by atoms with Gasteiger partial charge >= 0.3 is 6.03 Å². The van der Waals surface area contributed by atoms with E-state index in [9.17, 15) is 9.18 Å². The summed E-state index contributed by atoms with van der Waals surface area (Å²) in [6, 6.07) is 15.0. The van der Waals surface area contributed by atoms with Crippen molar-refractivity contribution in [3.8, 4) is 16.9 Å². The van der Waals surface area contributed by atoms with Crippen molar-refractivity contribution in [2.75, 3.05) is 55.8 Å². The number of nitrogen functional groups attached to an aromatic ring is 1. The number of nitrogens with one attached hydrogen (secondary N) is 2. The summed E-state index contributed by atoms with van der Waals surface area (Å²) < 4.78 is 30.8.